The number of aromatic nitrogens is 3. The van der Waals surface area contributed by atoms with Crippen molar-refractivity contribution in [3.05, 3.63) is 44.4 Å². The van der Waals surface area contributed by atoms with Gasteiger partial charge >= 0.3 is 0 Å². The molecule has 0 bridgehead atoms. The number of rotatable bonds is 5. The molecule has 1 atom stereocenters. The predicted octanol–water partition coefficient (Wildman–Crippen LogP) is 2.93. The summed E-state index contributed by atoms with van der Waals surface area (Å²) in [6.45, 7) is 0.174. The number of nitrogens with zero attached hydrogens (tertiary/aromatic N) is 2. The van der Waals surface area contributed by atoms with Crippen LogP contribution >= 0.6 is 35.4 Å². The highest BCUT2D eigenvalue weighted by Gasteiger charge is 2.27. The molecular weight excluding hydrogens is 359 g/mol. The summed E-state index contributed by atoms with van der Waals surface area (Å²) in [5, 5.41) is 20.3. The topological polar surface area (TPSA) is 82.9 Å². The Morgan fingerprint density at radius 3 is 2.70 bits per heavy atom. The van der Waals surface area contributed by atoms with Crippen molar-refractivity contribution in [1.82, 2.24) is 20.1 Å². The van der Waals surface area contributed by atoms with E-state index in [2.05, 4.69) is 15.5 Å². The Kier molecular flexibility index (Phi) is 4.72. The number of hydrogen-bond donors (Lipinski definition) is 3. The molecule has 1 aromatic heterocycles. The number of amides is 1. The fraction of sp³-hybridized carbons (Fsp3) is 0.357. The minimum absolute atomic E-state index is 0.174. The number of nitrogens with one attached hydrogen (secondary N) is 2. The molecular formula is C14H14Cl2N4O2S. The van der Waals surface area contributed by atoms with Crippen LogP contribution in [0, 0.1) is 4.77 Å². The maximum absolute atomic E-state index is 12.1. The molecule has 9 heteroatoms. The van der Waals surface area contributed by atoms with Crippen LogP contribution in [0.4, 0.5) is 0 Å². The summed E-state index contributed by atoms with van der Waals surface area (Å²) >= 11 is 16.9. The number of aromatic amines is 1. The fourth-order valence-electron chi connectivity index (χ4n) is 2.32. The Labute approximate surface area is 147 Å². The highest BCUT2D eigenvalue weighted by Crippen LogP contribution is 2.35. The molecule has 1 aromatic carbocycles. The van der Waals surface area contributed by atoms with Gasteiger partial charge in [0.2, 0.25) is 0 Å². The number of H-pyrrole nitrogens is 1. The highest BCUT2D eigenvalue weighted by atomic mass is 35.5. The Hall–Kier alpha value is -1.41. The molecule has 1 aliphatic rings. The van der Waals surface area contributed by atoms with Crippen molar-refractivity contribution < 1.29 is 9.90 Å². The molecule has 1 fully saturated rings. The lowest BCUT2D eigenvalue weighted by Crippen LogP contribution is -2.30. The van der Waals surface area contributed by atoms with Gasteiger partial charge in [0.05, 0.1) is 6.54 Å². The summed E-state index contributed by atoms with van der Waals surface area (Å²) < 4.78 is 2.44. The standard InChI is InChI=1S/C14H14Cl2N4O2S/c15-8-3-7(4-9(16)5-8)12(21)13(22)17-6-11-18-19-14(23)20(11)10-1-2-10/h3-5,10,12,21H,1-2,6H2,(H,17,22)(H,19,23). The van der Waals surface area contributed by atoms with E-state index in [1.165, 1.54) is 18.2 Å². The lowest BCUT2D eigenvalue weighted by atomic mass is 10.1. The van der Waals surface area contributed by atoms with Crippen LogP contribution in [-0.4, -0.2) is 25.8 Å². The summed E-state index contributed by atoms with van der Waals surface area (Å²) in [5.41, 5.74) is 0.334. The molecule has 1 unspecified atom stereocenters. The summed E-state index contributed by atoms with van der Waals surface area (Å²) in [7, 11) is 0. The number of carbonyl (C=O) groups is 1. The van der Waals surface area contributed by atoms with Crippen molar-refractivity contribution in [2.45, 2.75) is 31.5 Å². The number of aliphatic hydroxyl groups excluding tert-OH is 1. The zero-order chi connectivity index (χ0) is 16.6. The molecule has 0 aliphatic heterocycles. The van der Waals surface area contributed by atoms with Crippen molar-refractivity contribution in [2.24, 2.45) is 0 Å². The second kappa shape index (κ2) is 6.60. The van der Waals surface area contributed by atoms with E-state index < -0.39 is 12.0 Å². The molecule has 2 aromatic rings. The van der Waals surface area contributed by atoms with Crippen molar-refractivity contribution in [1.29, 1.82) is 0 Å². The summed E-state index contributed by atoms with van der Waals surface area (Å²) in [5.74, 6) is 0.0850. The van der Waals surface area contributed by atoms with Crippen LogP contribution in [0.25, 0.3) is 0 Å². The molecule has 1 saturated carbocycles. The first-order chi connectivity index (χ1) is 11.0. The van der Waals surface area contributed by atoms with Gasteiger partial charge in [-0.05, 0) is 48.8 Å². The first-order valence-corrected chi connectivity index (χ1v) is 8.19. The lowest BCUT2D eigenvalue weighted by Gasteiger charge is -2.12. The van der Waals surface area contributed by atoms with Crippen molar-refractivity contribution in [3.8, 4) is 0 Å². The molecule has 1 aliphatic carbocycles. The van der Waals surface area contributed by atoms with Gasteiger partial charge in [-0.2, -0.15) is 5.10 Å². The minimum atomic E-state index is -1.36. The second-order valence-electron chi connectivity index (χ2n) is 5.37. The number of aliphatic hydroxyl groups is 1. The third-order valence-corrected chi connectivity index (χ3v) is 4.28. The predicted molar refractivity (Wildman–Crippen MR) is 89.0 cm³/mol. The lowest BCUT2D eigenvalue weighted by molar-refractivity contribution is -0.129. The van der Waals surface area contributed by atoms with Crippen LogP contribution in [0.5, 0.6) is 0 Å². The fourth-order valence-corrected chi connectivity index (χ4v) is 3.16. The molecule has 3 N–H and O–H groups in total. The SMILES string of the molecule is O=C(NCc1n[nH]c(=S)n1C1CC1)C(O)c1cc(Cl)cc(Cl)c1. The van der Waals surface area contributed by atoms with E-state index in [1.807, 2.05) is 4.57 Å². The third kappa shape index (κ3) is 3.74. The van der Waals surface area contributed by atoms with Gasteiger partial charge in [0.25, 0.3) is 5.91 Å². The molecule has 0 radical (unpaired) electrons. The Bertz CT molecular complexity index is 780. The van der Waals surface area contributed by atoms with Crippen LogP contribution < -0.4 is 5.32 Å². The van der Waals surface area contributed by atoms with Gasteiger partial charge in [-0.15, -0.1) is 0 Å². The molecule has 122 valence electrons. The van der Waals surface area contributed by atoms with Crippen LogP contribution in [0.1, 0.15) is 36.4 Å². The zero-order valence-electron chi connectivity index (χ0n) is 11.9. The summed E-state index contributed by atoms with van der Waals surface area (Å²) in [6.07, 6.45) is 0.749. The zero-order valence-corrected chi connectivity index (χ0v) is 14.3. The second-order valence-corrected chi connectivity index (χ2v) is 6.63. The van der Waals surface area contributed by atoms with Crippen molar-refractivity contribution in [3.63, 3.8) is 0 Å². The van der Waals surface area contributed by atoms with Crippen LogP contribution in [0.3, 0.4) is 0 Å². The average molecular weight is 373 g/mol. The van der Waals surface area contributed by atoms with Crippen LogP contribution in [0.2, 0.25) is 10.0 Å². The van der Waals surface area contributed by atoms with Gasteiger partial charge in [-0.1, -0.05) is 23.2 Å². The monoisotopic (exact) mass is 372 g/mol. The normalized spacial score (nSPS) is 15.4. The Balaban J connectivity index is 1.68. The largest absolute Gasteiger partial charge is 0.378 e. The molecule has 6 nitrogen and oxygen atoms in total. The van der Waals surface area contributed by atoms with E-state index in [9.17, 15) is 9.90 Å². The van der Waals surface area contributed by atoms with E-state index in [-0.39, 0.29) is 6.54 Å². The third-order valence-electron chi connectivity index (χ3n) is 3.56. The smallest absolute Gasteiger partial charge is 0.253 e. The highest BCUT2D eigenvalue weighted by molar-refractivity contribution is 7.71. The molecule has 1 amide bonds. The van der Waals surface area contributed by atoms with Gasteiger partial charge in [0.1, 0.15) is 0 Å². The maximum Gasteiger partial charge on any atom is 0.253 e. The van der Waals surface area contributed by atoms with Gasteiger partial charge in [0, 0.05) is 16.1 Å². The van der Waals surface area contributed by atoms with E-state index in [4.69, 9.17) is 35.4 Å². The first-order valence-electron chi connectivity index (χ1n) is 7.03. The molecule has 23 heavy (non-hydrogen) atoms. The van der Waals surface area contributed by atoms with Gasteiger partial charge in [-0.3, -0.25) is 14.5 Å². The average Bonchev–Trinajstić information content (AvgIpc) is 3.26. The van der Waals surface area contributed by atoms with Crippen LogP contribution in [-0.2, 0) is 11.3 Å². The van der Waals surface area contributed by atoms with E-state index in [0.717, 1.165) is 12.8 Å². The number of hydrogen-bond acceptors (Lipinski definition) is 4. The quantitative estimate of drug-likeness (QED) is 0.704. The number of halogens is 2. The molecule has 0 spiro atoms. The van der Waals surface area contributed by atoms with E-state index in [1.54, 1.807) is 0 Å². The van der Waals surface area contributed by atoms with Crippen LogP contribution in [0.15, 0.2) is 18.2 Å². The van der Waals surface area contributed by atoms with Gasteiger partial charge < -0.3 is 10.4 Å². The van der Waals surface area contributed by atoms with E-state index in [0.29, 0.717) is 32.2 Å². The summed E-state index contributed by atoms with van der Waals surface area (Å²) in [4.78, 5) is 12.1. The molecule has 0 saturated heterocycles. The van der Waals surface area contributed by atoms with Gasteiger partial charge in [-0.25, -0.2) is 0 Å². The van der Waals surface area contributed by atoms with Gasteiger partial charge in [0.15, 0.2) is 16.7 Å². The maximum atomic E-state index is 12.1. The van der Waals surface area contributed by atoms with Crippen molar-refractivity contribution >= 4 is 41.3 Å². The minimum Gasteiger partial charge on any atom is -0.378 e. The Morgan fingerprint density at radius 1 is 1.43 bits per heavy atom. The summed E-state index contributed by atoms with van der Waals surface area (Å²) in [6, 6.07) is 4.88. The van der Waals surface area contributed by atoms with E-state index >= 15 is 0 Å². The molecule has 3 rings (SSSR count). The number of benzene rings is 1. The Morgan fingerprint density at radius 2 is 2.09 bits per heavy atom. The first kappa shape index (κ1) is 16.4. The van der Waals surface area contributed by atoms with Crippen molar-refractivity contribution in [2.75, 3.05) is 0 Å². The number of carbonyl (C=O) groups excluding carboxylic acids is 1. The molecule has 1 heterocycles.